The number of halogens is 4. The number of rotatable bonds is 4. The van der Waals surface area contributed by atoms with E-state index in [1.165, 1.54) is 36.4 Å². The van der Waals surface area contributed by atoms with Crippen molar-refractivity contribution in [2.24, 2.45) is 0 Å². The van der Waals surface area contributed by atoms with E-state index in [2.05, 4.69) is 0 Å². The lowest BCUT2D eigenvalue weighted by atomic mass is 9.83. The van der Waals surface area contributed by atoms with Gasteiger partial charge in [0.05, 0.1) is 15.1 Å². The van der Waals surface area contributed by atoms with Crippen molar-refractivity contribution in [3.63, 3.8) is 0 Å². The first-order chi connectivity index (χ1) is 13.5. The van der Waals surface area contributed by atoms with Crippen LogP contribution in [0.3, 0.4) is 0 Å². The summed E-state index contributed by atoms with van der Waals surface area (Å²) in [5.41, 5.74) is -0.463. The summed E-state index contributed by atoms with van der Waals surface area (Å²) in [6.45, 7) is 0. The van der Waals surface area contributed by atoms with Crippen LogP contribution in [0.4, 0.5) is 0 Å². The summed E-state index contributed by atoms with van der Waals surface area (Å²) >= 11 is 24.7. The highest BCUT2D eigenvalue weighted by molar-refractivity contribution is 7.87. The molecular weight excluding hydrogens is 482 g/mol. The SMILES string of the molecule is O=S(=O)(O)C(c1ccccc1)(c1cc(Cl)c(Cl)cc1Cl)c1cc(O)cc(O)c1Cl. The molecule has 0 fully saturated rings. The molecule has 0 amide bonds. The number of hydrogen-bond acceptors (Lipinski definition) is 4. The lowest BCUT2D eigenvalue weighted by Crippen LogP contribution is -2.39. The van der Waals surface area contributed by atoms with E-state index in [1.807, 2.05) is 0 Å². The number of phenolic OH excluding ortho intramolecular Hbond substituents is 2. The Morgan fingerprint density at radius 2 is 1.34 bits per heavy atom. The molecular formula is C19H12Cl4O5S. The summed E-state index contributed by atoms with van der Waals surface area (Å²) in [6.07, 6.45) is 0. The first kappa shape index (κ1) is 22.0. The molecule has 3 aromatic rings. The van der Waals surface area contributed by atoms with Gasteiger partial charge in [-0.25, -0.2) is 0 Å². The van der Waals surface area contributed by atoms with Gasteiger partial charge in [-0.15, -0.1) is 0 Å². The fraction of sp³-hybridized carbons (Fsp3) is 0.0526. The molecule has 5 nitrogen and oxygen atoms in total. The number of phenols is 2. The van der Waals surface area contributed by atoms with Gasteiger partial charge in [0, 0.05) is 22.2 Å². The van der Waals surface area contributed by atoms with Crippen LogP contribution < -0.4 is 0 Å². The molecule has 3 N–H and O–H groups in total. The molecule has 3 aromatic carbocycles. The highest BCUT2D eigenvalue weighted by Gasteiger charge is 2.51. The zero-order valence-corrected chi connectivity index (χ0v) is 18.1. The minimum Gasteiger partial charge on any atom is -0.508 e. The molecule has 3 rings (SSSR count). The van der Waals surface area contributed by atoms with Crippen molar-refractivity contribution in [3.8, 4) is 11.5 Å². The van der Waals surface area contributed by atoms with E-state index in [0.29, 0.717) is 0 Å². The average molecular weight is 494 g/mol. The summed E-state index contributed by atoms with van der Waals surface area (Å²) in [4.78, 5) is 0. The van der Waals surface area contributed by atoms with Crippen LogP contribution in [0, 0.1) is 0 Å². The van der Waals surface area contributed by atoms with Crippen LogP contribution in [-0.4, -0.2) is 23.2 Å². The van der Waals surface area contributed by atoms with E-state index < -0.39 is 31.4 Å². The highest BCUT2D eigenvalue weighted by Crippen LogP contribution is 2.52. The second kappa shape index (κ2) is 7.87. The molecule has 0 bridgehead atoms. The second-order valence-corrected chi connectivity index (χ2v) is 9.26. The third-order valence-corrected chi connectivity index (χ3v) is 7.26. The van der Waals surface area contributed by atoms with Gasteiger partial charge in [0.25, 0.3) is 10.1 Å². The van der Waals surface area contributed by atoms with Crippen LogP contribution in [0.1, 0.15) is 16.7 Å². The van der Waals surface area contributed by atoms with E-state index in [0.717, 1.165) is 12.1 Å². The van der Waals surface area contributed by atoms with Crippen molar-refractivity contribution >= 4 is 56.5 Å². The topological polar surface area (TPSA) is 94.8 Å². The summed E-state index contributed by atoms with van der Waals surface area (Å²) in [6, 6.07) is 11.9. The maximum atomic E-state index is 13.0. The third-order valence-electron chi connectivity index (χ3n) is 4.37. The first-order valence-corrected chi connectivity index (χ1v) is 10.8. The van der Waals surface area contributed by atoms with Gasteiger partial charge in [0.15, 0.2) is 4.75 Å². The molecule has 152 valence electrons. The van der Waals surface area contributed by atoms with Crippen molar-refractivity contribution < 1.29 is 23.2 Å². The van der Waals surface area contributed by atoms with Crippen LogP contribution in [0.5, 0.6) is 11.5 Å². The molecule has 0 aliphatic heterocycles. The largest absolute Gasteiger partial charge is 0.508 e. The minimum absolute atomic E-state index is 0.0319. The number of aromatic hydroxyl groups is 2. The molecule has 0 aliphatic rings. The standard InChI is InChI=1S/C19H12Cl4O5S/c20-14-9-16(22)15(21)8-12(14)19(29(26,27)28,10-4-2-1-3-5-10)13-6-11(24)7-17(25)18(13)23/h1-9,24-25H,(H,26,27,28). The van der Waals surface area contributed by atoms with Gasteiger partial charge in [0.2, 0.25) is 0 Å². The normalized spacial score (nSPS) is 13.8. The number of benzene rings is 3. The zero-order chi connectivity index (χ0) is 21.6. The fourth-order valence-corrected chi connectivity index (χ4v) is 5.57. The Bertz CT molecular complexity index is 1200. The van der Waals surface area contributed by atoms with Gasteiger partial charge in [0.1, 0.15) is 11.5 Å². The molecule has 0 spiro atoms. The Balaban J connectivity index is 2.64. The lowest BCUT2D eigenvalue weighted by Gasteiger charge is -2.34. The monoisotopic (exact) mass is 492 g/mol. The fourth-order valence-electron chi connectivity index (χ4n) is 3.20. The van der Waals surface area contributed by atoms with E-state index in [-0.39, 0.29) is 31.8 Å². The quantitative estimate of drug-likeness (QED) is 0.239. The van der Waals surface area contributed by atoms with Gasteiger partial charge in [-0.1, -0.05) is 76.7 Å². The van der Waals surface area contributed by atoms with Crippen molar-refractivity contribution in [1.82, 2.24) is 0 Å². The van der Waals surface area contributed by atoms with Crippen LogP contribution >= 0.6 is 46.4 Å². The van der Waals surface area contributed by atoms with Crippen molar-refractivity contribution in [3.05, 3.63) is 91.4 Å². The molecule has 0 saturated carbocycles. The number of hydrogen-bond donors (Lipinski definition) is 3. The van der Waals surface area contributed by atoms with Crippen LogP contribution in [0.15, 0.2) is 54.6 Å². The summed E-state index contributed by atoms with van der Waals surface area (Å²) < 4.78 is 34.0. The van der Waals surface area contributed by atoms with Gasteiger partial charge >= 0.3 is 0 Å². The zero-order valence-electron chi connectivity index (χ0n) is 14.3. The summed E-state index contributed by atoms with van der Waals surface area (Å²) in [5.74, 6) is -1.08. The predicted octanol–water partition coefficient (Wildman–Crippen LogP) is 5.89. The molecule has 0 aromatic heterocycles. The van der Waals surface area contributed by atoms with Crippen LogP contribution in [-0.2, 0) is 14.9 Å². The Labute approximate surface area is 186 Å². The molecule has 29 heavy (non-hydrogen) atoms. The second-order valence-electron chi connectivity index (χ2n) is 6.09. The molecule has 0 heterocycles. The van der Waals surface area contributed by atoms with Gasteiger partial charge in [-0.2, -0.15) is 8.42 Å². The maximum absolute atomic E-state index is 13.0. The smallest absolute Gasteiger partial charge is 0.283 e. The Morgan fingerprint density at radius 3 is 1.93 bits per heavy atom. The van der Waals surface area contributed by atoms with E-state index in [9.17, 15) is 23.2 Å². The Morgan fingerprint density at radius 1 is 0.759 bits per heavy atom. The van der Waals surface area contributed by atoms with E-state index in [1.54, 1.807) is 6.07 Å². The van der Waals surface area contributed by atoms with Crippen LogP contribution in [0.2, 0.25) is 20.1 Å². The first-order valence-electron chi connectivity index (χ1n) is 7.89. The molecule has 0 radical (unpaired) electrons. The van der Waals surface area contributed by atoms with Gasteiger partial charge in [-0.05, 0) is 23.8 Å². The predicted molar refractivity (Wildman–Crippen MR) is 114 cm³/mol. The van der Waals surface area contributed by atoms with Crippen molar-refractivity contribution in [1.29, 1.82) is 0 Å². The van der Waals surface area contributed by atoms with E-state index in [4.69, 9.17) is 46.4 Å². The Kier molecular flexibility index (Phi) is 5.98. The average Bonchev–Trinajstić information content (AvgIpc) is 2.63. The minimum atomic E-state index is -5.09. The van der Waals surface area contributed by atoms with Crippen molar-refractivity contribution in [2.45, 2.75) is 4.75 Å². The molecule has 0 aliphatic carbocycles. The van der Waals surface area contributed by atoms with Gasteiger partial charge in [-0.3, -0.25) is 4.55 Å². The van der Waals surface area contributed by atoms with Gasteiger partial charge < -0.3 is 10.2 Å². The van der Waals surface area contributed by atoms with Crippen LogP contribution in [0.25, 0.3) is 0 Å². The molecule has 10 heteroatoms. The maximum Gasteiger partial charge on any atom is 0.283 e. The van der Waals surface area contributed by atoms with Crippen molar-refractivity contribution in [2.75, 3.05) is 0 Å². The Hall–Kier alpha value is -1.67. The lowest BCUT2D eigenvalue weighted by molar-refractivity contribution is 0.444. The third kappa shape index (κ3) is 3.65. The highest BCUT2D eigenvalue weighted by atomic mass is 35.5. The summed E-state index contributed by atoms with van der Waals surface area (Å²) in [7, 11) is -5.09. The summed E-state index contributed by atoms with van der Waals surface area (Å²) in [5, 5.41) is 19.6. The van der Waals surface area contributed by atoms with E-state index >= 15 is 0 Å². The molecule has 0 saturated heterocycles. The molecule has 1 unspecified atom stereocenters. The molecule has 1 atom stereocenters.